The van der Waals surface area contributed by atoms with Crippen molar-refractivity contribution in [2.75, 3.05) is 6.54 Å². The molecule has 2 aromatic heterocycles. The van der Waals surface area contributed by atoms with Gasteiger partial charge < -0.3 is 4.90 Å². The van der Waals surface area contributed by atoms with E-state index in [-0.39, 0.29) is 11.9 Å². The molecule has 1 aliphatic rings. The fraction of sp³-hybridized carbons (Fsp3) is 0.471. The summed E-state index contributed by atoms with van der Waals surface area (Å²) in [6.07, 6.45) is 8.25. The maximum atomic E-state index is 12.6. The van der Waals surface area contributed by atoms with Gasteiger partial charge in [-0.2, -0.15) is 5.10 Å². The summed E-state index contributed by atoms with van der Waals surface area (Å²) in [5.74, 6) is 0.192. The van der Waals surface area contributed by atoms with Gasteiger partial charge in [0.2, 0.25) is 5.91 Å². The molecule has 0 radical (unpaired) electrons. The van der Waals surface area contributed by atoms with Crippen LogP contribution in [0.2, 0.25) is 0 Å². The Labute approximate surface area is 131 Å². The lowest BCUT2D eigenvalue weighted by atomic mass is 10.1. The fourth-order valence-corrected chi connectivity index (χ4v) is 3.02. The third-order valence-corrected chi connectivity index (χ3v) is 4.19. The zero-order valence-electron chi connectivity index (χ0n) is 13.2. The van der Waals surface area contributed by atoms with Crippen molar-refractivity contribution in [1.29, 1.82) is 0 Å². The average molecular weight is 298 g/mol. The van der Waals surface area contributed by atoms with E-state index < -0.39 is 0 Å². The van der Waals surface area contributed by atoms with E-state index in [0.29, 0.717) is 6.42 Å². The number of nitrogens with zero attached hydrogens (tertiary/aromatic N) is 4. The van der Waals surface area contributed by atoms with Crippen LogP contribution in [0.4, 0.5) is 0 Å². The van der Waals surface area contributed by atoms with Gasteiger partial charge in [-0.3, -0.25) is 14.5 Å². The van der Waals surface area contributed by atoms with Crippen molar-refractivity contribution >= 4 is 5.91 Å². The zero-order chi connectivity index (χ0) is 15.5. The number of rotatable bonds is 4. The normalized spacial score (nSPS) is 17.9. The molecule has 1 atom stereocenters. The quantitative estimate of drug-likeness (QED) is 0.869. The molecule has 0 bridgehead atoms. The van der Waals surface area contributed by atoms with Gasteiger partial charge in [-0.05, 0) is 43.9 Å². The first-order valence-electron chi connectivity index (χ1n) is 7.82. The molecule has 1 fully saturated rings. The molecule has 1 amide bonds. The second-order valence-electron chi connectivity index (χ2n) is 6.11. The smallest absolute Gasteiger partial charge is 0.227 e. The number of carbonyl (C=O) groups excluding carboxylic acids is 1. The van der Waals surface area contributed by atoms with E-state index in [1.54, 1.807) is 6.20 Å². The van der Waals surface area contributed by atoms with E-state index >= 15 is 0 Å². The lowest BCUT2D eigenvalue weighted by Gasteiger charge is -2.24. The Kier molecular flexibility index (Phi) is 4.22. The van der Waals surface area contributed by atoms with Gasteiger partial charge >= 0.3 is 0 Å². The van der Waals surface area contributed by atoms with Crippen molar-refractivity contribution in [3.63, 3.8) is 0 Å². The SMILES string of the molecule is Cc1cnn(CC2CCCN2C(=O)Cc2ccc(C)nc2)c1. The van der Waals surface area contributed by atoms with Crippen LogP contribution in [0.5, 0.6) is 0 Å². The third-order valence-electron chi connectivity index (χ3n) is 4.19. The van der Waals surface area contributed by atoms with Crippen molar-refractivity contribution in [1.82, 2.24) is 19.7 Å². The van der Waals surface area contributed by atoms with Gasteiger partial charge in [0.05, 0.1) is 25.2 Å². The number of aryl methyl sites for hydroxylation is 2. The molecular formula is C17H22N4O. The Morgan fingerprint density at radius 3 is 2.86 bits per heavy atom. The number of aromatic nitrogens is 3. The first-order valence-corrected chi connectivity index (χ1v) is 7.82. The summed E-state index contributed by atoms with van der Waals surface area (Å²) in [5, 5.41) is 4.34. The molecule has 3 heterocycles. The Hall–Kier alpha value is -2.17. The van der Waals surface area contributed by atoms with Crippen LogP contribution in [0.1, 0.15) is 29.7 Å². The average Bonchev–Trinajstić information content (AvgIpc) is 3.11. The second-order valence-corrected chi connectivity index (χ2v) is 6.11. The first kappa shape index (κ1) is 14.8. The molecule has 1 saturated heterocycles. The molecule has 5 heteroatoms. The highest BCUT2D eigenvalue weighted by atomic mass is 16.2. The zero-order valence-corrected chi connectivity index (χ0v) is 13.2. The van der Waals surface area contributed by atoms with Gasteiger partial charge in [-0.25, -0.2) is 0 Å². The Morgan fingerprint density at radius 1 is 1.32 bits per heavy atom. The minimum atomic E-state index is 0.192. The number of pyridine rings is 1. The summed E-state index contributed by atoms with van der Waals surface area (Å²) in [6, 6.07) is 4.20. The van der Waals surface area contributed by atoms with Crippen LogP contribution in [0, 0.1) is 13.8 Å². The molecule has 0 N–H and O–H groups in total. The van der Waals surface area contributed by atoms with Gasteiger partial charge in [0.1, 0.15) is 0 Å². The molecule has 1 aliphatic heterocycles. The Morgan fingerprint density at radius 2 is 2.18 bits per heavy atom. The summed E-state index contributed by atoms with van der Waals surface area (Å²) >= 11 is 0. The number of hydrogen-bond donors (Lipinski definition) is 0. The minimum Gasteiger partial charge on any atom is -0.338 e. The summed E-state index contributed by atoms with van der Waals surface area (Å²) in [5.41, 5.74) is 3.11. The van der Waals surface area contributed by atoms with Crippen molar-refractivity contribution in [2.24, 2.45) is 0 Å². The molecule has 0 spiro atoms. The number of hydrogen-bond acceptors (Lipinski definition) is 3. The van der Waals surface area contributed by atoms with E-state index in [2.05, 4.69) is 10.1 Å². The molecular weight excluding hydrogens is 276 g/mol. The van der Waals surface area contributed by atoms with Crippen LogP contribution in [-0.4, -0.2) is 38.2 Å². The van der Waals surface area contributed by atoms with Gasteiger partial charge in [0.15, 0.2) is 0 Å². The first-order chi connectivity index (χ1) is 10.6. The van der Waals surface area contributed by atoms with E-state index in [9.17, 15) is 4.79 Å². The van der Waals surface area contributed by atoms with E-state index in [4.69, 9.17) is 0 Å². The van der Waals surface area contributed by atoms with E-state index in [1.165, 1.54) is 0 Å². The molecule has 0 aromatic carbocycles. The van der Waals surface area contributed by atoms with E-state index in [1.807, 2.05) is 48.0 Å². The molecule has 5 nitrogen and oxygen atoms in total. The number of carbonyl (C=O) groups is 1. The molecule has 0 aliphatic carbocycles. The topological polar surface area (TPSA) is 51.0 Å². The van der Waals surface area contributed by atoms with Crippen molar-refractivity contribution in [3.8, 4) is 0 Å². The van der Waals surface area contributed by atoms with Crippen molar-refractivity contribution in [2.45, 2.75) is 45.7 Å². The van der Waals surface area contributed by atoms with Gasteiger partial charge in [-0.15, -0.1) is 0 Å². The Bertz CT molecular complexity index is 647. The van der Waals surface area contributed by atoms with E-state index in [0.717, 1.165) is 42.8 Å². The standard InChI is InChI=1S/C17H22N4O/c1-13-9-19-20(11-13)12-16-4-3-7-21(16)17(22)8-15-6-5-14(2)18-10-15/h5-6,9-11,16H,3-4,7-8,12H2,1-2H3. The van der Waals surface area contributed by atoms with Crippen LogP contribution in [-0.2, 0) is 17.8 Å². The third kappa shape index (κ3) is 3.35. The lowest BCUT2D eigenvalue weighted by Crippen LogP contribution is -2.39. The highest BCUT2D eigenvalue weighted by molar-refractivity contribution is 5.79. The number of amides is 1. The maximum Gasteiger partial charge on any atom is 0.227 e. The minimum absolute atomic E-state index is 0.192. The summed E-state index contributed by atoms with van der Waals surface area (Å²) in [4.78, 5) is 18.8. The highest BCUT2D eigenvalue weighted by Gasteiger charge is 2.29. The molecule has 2 aromatic rings. The maximum absolute atomic E-state index is 12.6. The predicted molar refractivity (Wildman–Crippen MR) is 84.4 cm³/mol. The molecule has 1 unspecified atom stereocenters. The second kappa shape index (κ2) is 6.30. The predicted octanol–water partition coefficient (Wildman–Crippen LogP) is 2.13. The van der Waals surface area contributed by atoms with Crippen LogP contribution in [0.3, 0.4) is 0 Å². The highest BCUT2D eigenvalue weighted by Crippen LogP contribution is 2.20. The number of likely N-dealkylation sites (tertiary alicyclic amines) is 1. The van der Waals surface area contributed by atoms with Crippen LogP contribution >= 0.6 is 0 Å². The fourth-order valence-electron chi connectivity index (χ4n) is 3.02. The molecule has 22 heavy (non-hydrogen) atoms. The van der Waals surface area contributed by atoms with Gasteiger partial charge in [-0.1, -0.05) is 6.07 Å². The molecule has 3 rings (SSSR count). The van der Waals surface area contributed by atoms with Crippen LogP contribution in [0.25, 0.3) is 0 Å². The van der Waals surface area contributed by atoms with Crippen molar-refractivity contribution < 1.29 is 4.79 Å². The lowest BCUT2D eigenvalue weighted by molar-refractivity contribution is -0.131. The Balaban J connectivity index is 1.64. The summed E-state index contributed by atoms with van der Waals surface area (Å²) < 4.78 is 1.94. The summed E-state index contributed by atoms with van der Waals surface area (Å²) in [6.45, 7) is 5.62. The van der Waals surface area contributed by atoms with Crippen LogP contribution < -0.4 is 0 Å². The molecule has 116 valence electrons. The van der Waals surface area contributed by atoms with Gasteiger partial charge in [0, 0.05) is 24.6 Å². The van der Waals surface area contributed by atoms with Crippen LogP contribution in [0.15, 0.2) is 30.7 Å². The summed E-state index contributed by atoms with van der Waals surface area (Å²) in [7, 11) is 0. The van der Waals surface area contributed by atoms with Crippen molar-refractivity contribution in [3.05, 3.63) is 47.5 Å². The molecule has 0 saturated carbocycles. The largest absolute Gasteiger partial charge is 0.338 e. The monoisotopic (exact) mass is 298 g/mol. The van der Waals surface area contributed by atoms with Gasteiger partial charge in [0.25, 0.3) is 0 Å².